The number of hydrogen-bond donors (Lipinski definition) is 0. The summed E-state index contributed by atoms with van der Waals surface area (Å²) in [4.78, 5) is 0. The van der Waals surface area contributed by atoms with Gasteiger partial charge in [0.1, 0.15) is 0 Å². The van der Waals surface area contributed by atoms with Crippen molar-refractivity contribution in [2.45, 2.75) is 45.8 Å². The summed E-state index contributed by atoms with van der Waals surface area (Å²) >= 11 is -3.53. The number of aryl methyl sites for hydroxylation is 1. The molecule has 3 rings (SSSR count). The first-order chi connectivity index (χ1) is 14.1. The molecule has 1 nitrogen and oxygen atoms in total. The summed E-state index contributed by atoms with van der Waals surface area (Å²) in [5, 5.41) is 1.52. The average Bonchev–Trinajstić information content (AvgIpc) is 2.68. The minimum absolute atomic E-state index is 0.207. The molecule has 0 unspecified atom stereocenters. The van der Waals surface area contributed by atoms with E-state index in [-0.39, 0.29) is 5.04 Å². The number of hydrogen-bond acceptors (Lipinski definition) is 1. The van der Waals surface area contributed by atoms with Crippen molar-refractivity contribution < 1.29 is 24.7 Å². The Bertz CT molecular complexity index is 996. The van der Waals surface area contributed by atoms with Crippen LogP contribution in [0.5, 0.6) is 5.75 Å². The molecule has 0 aliphatic heterocycles. The van der Waals surface area contributed by atoms with Crippen molar-refractivity contribution in [3.8, 4) is 5.75 Å². The van der Waals surface area contributed by atoms with Crippen LogP contribution in [-0.4, -0.2) is 11.9 Å². The second-order valence-electron chi connectivity index (χ2n) is 9.39. The third-order valence-electron chi connectivity index (χ3n) is 6.18. The van der Waals surface area contributed by atoms with Gasteiger partial charge < -0.3 is 0 Å². The maximum absolute atomic E-state index is 15.8. The molecule has 0 aliphatic carbocycles. The van der Waals surface area contributed by atoms with Crippen LogP contribution in [0, 0.1) is 6.92 Å². The van der Waals surface area contributed by atoms with Crippen LogP contribution >= 0.6 is 0 Å². The van der Waals surface area contributed by atoms with Gasteiger partial charge in [0.2, 0.25) is 0 Å². The van der Waals surface area contributed by atoms with Gasteiger partial charge in [-0.3, -0.25) is 0 Å². The molecule has 30 heavy (non-hydrogen) atoms. The van der Waals surface area contributed by atoms with Gasteiger partial charge in [0, 0.05) is 0 Å². The molecule has 0 aliphatic rings. The monoisotopic (exact) mass is 454 g/mol. The molecular formula is C26H31FOSiTi. The van der Waals surface area contributed by atoms with Crippen LogP contribution in [0.2, 0.25) is 18.1 Å². The van der Waals surface area contributed by atoms with Gasteiger partial charge >= 0.3 is 189 Å². The second kappa shape index (κ2) is 9.13. The summed E-state index contributed by atoms with van der Waals surface area (Å²) < 4.78 is 22.7. The fraction of sp³-hybridized carbons (Fsp3) is 0.269. The third kappa shape index (κ3) is 5.08. The molecule has 3 aromatic rings. The molecule has 0 atom stereocenters. The van der Waals surface area contributed by atoms with E-state index < -0.39 is 26.4 Å². The molecule has 0 fully saturated rings. The van der Waals surface area contributed by atoms with E-state index in [1.807, 2.05) is 66.7 Å². The quantitative estimate of drug-likeness (QED) is 0.386. The zero-order chi connectivity index (χ0) is 21.9. The van der Waals surface area contributed by atoms with Gasteiger partial charge in [-0.05, 0) is 0 Å². The van der Waals surface area contributed by atoms with Gasteiger partial charge in [-0.25, -0.2) is 0 Å². The van der Waals surface area contributed by atoms with Gasteiger partial charge in [-0.2, -0.15) is 0 Å². The summed E-state index contributed by atoms with van der Waals surface area (Å²) in [6.45, 7) is 13.7. The van der Waals surface area contributed by atoms with E-state index in [1.54, 1.807) is 0 Å². The summed E-state index contributed by atoms with van der Waals surface area (Å²) in [6, 6.07) is 25.9. The summed E-state index contributed by atoms with van der Waals surface area (Å²) in [7, 11) is -1.74. The Hall–Kier alpha value is -1.81. The topological polar surface area (TPSA) is 9.23 Å². The normalized spacial score (nSPS) is 11.8. The average molecular weight is 454 g/mol. The van der Waals surface area contributed by atoms with E-state index in [0.29, 0.717) is 9.56 Å². The first-order valence-electron chi connectivity index (χ1n) is 10.4. The third-order valence-corrected chi connectivity index (χ3v) is 13.8. The van der Waals surface area contributed by atoms with Crippen LogP contribution in [0.25, 0.3) is 0 Å². The van der Waals surface area contributed by atoms with E-state index >= 15 is 3.09 Å². The van der Waals surface area contributed by atoms with E-state index in [2.05, 4.69) is 52.9 Å². The van der Waals surface area contributed by atoms with E-state index in [0.717, 1.165) is 16.7 Å². The second-order valence-corrected chi connectivity index (χ2v) is 16.7. The Balaban J connectivity index is 2.08. The van der Waals surface area contributed by atoms with E-state index in [1.165, 1.54) is 5.19 Å². The number of rotatable bonds is 5. The molecule has 0 aromatic heterocycles. The van der Waals surface area contributed by atoms with E-state index in [9.17, 15) is 0 Å². The number of benzene rings is 3. The fourth-order valence-electron chi connectivity index (χ4n) is 3.36. The molecule has 0 radical (unpaired) electrons. The Morgan fingerprint density at radius 3 is 1.80 bits per heavy atom. The molecule has 3 aromatic carbocycles. The molecule has 0 N–H and O–H groups in total. The number of halogens is 1. The Morgan fingerprint density at radius 2 is 1.33 bits per heavy atom. The zero-order valence-corrected chi connectivity index (χ0v) is 21.4. The van der Waals surface area contributed by atoms with Crippen LogP contribution in [0.1, 0.15) is 37.5 Å². The Labute approximate surface area is 188 Å². The molecule has 0 bridgehead atoms. The maximum atomic E-state index is 15.8. The molecule has 0 saturated heterocycles. The minimum atomic E-state index is -3.53. The summed E-state index contributed by atoms with van der Waals surface area (Å²) in [5.74, 6) is 0.664. The van der Waals surface area contributed by atoms with Crippen molar-refractivity contribution in [2.75, 3.05) is 0 Å². The van der Waals surface area contributed by atoms with Crippen molar-refractivity contribution in [1.29, 1.82) is 0 Å². The fourth-order valence-corrected chi connectivity index (χ4v) is 7.21. The van der Waals surface area contributed by atoms with Crippen molar-refractivity contribution in [3.05, 3.63) is 95.6 Å². The molecule has 0 amide bonds. The summed E-state index contributed by atoms with van der Waals surface area (Å²) in [6.07, 6.45) is 0. The molecule has 0 saturated carbocycles. The predicted molar refractivity (Wildman–Crippen MR) is 126 cm³/mol. The van der Waals surface area contributed by atoms with Gasteiger partial charge in [-0.15, -0.1) is 0 Å². The summed E-state index contributed by atoms with van der Waals surface area (Å²) in [5.41, 5.74) is 2.93. The predicted octanol–water partition coefficient (Wildman–Crippen LogP) is 6.78. The molecule has 156 valence electrons. The van der Waals surface area contributed by atoms with Crippen molar-refractivity contribution in [2.24, 2.45) is 0 Å². The molecular weight excluding hydrogens is 423 g/mol. The van der Waals surface area contributed by atoms with Crippen LogP contribution in [0.15, 0.2) is 78.9 Å². The van der Waals surface area contributed by atoms with Gasteiger partial charge in [-0.1, -0.05) is 0 Å². The first kappa shape index (κ1) is 22.9. The van der Waals surface area contributed by atoms with Crippen molar-refractivity contribution in [1.82, 2.24) is 0 Å². The van der Waals surface area contributed by atoms with Crippen LogP contribution in [-0.2, 0) is 18.3 Å². The molecule has 4 heteroatoms. The van der Waals surface area contributed by atoms with Gasteiger partial charge in [0.05, 0.1) is 0 Å². The molecule has 0 spiro atoms. The molecule has 0 heterocycles. The van der Waals surface area contributed by atoms with Gasteiger partial charge in [0.15, 0.2) is 0 Å². The van der Waals surface area contributed by atoms with Crippen molar-refractivity contribution >= 4 is 17.1 Å². The standard InChI is InChI=1S/C13H22OSi.C13H10.FH.Ti/c1-10-7-11(14)9-12(8-10)15(5,6)13(2,3)4;1-3-7-12(8-4-1)11-13-9-5-2-6-10-13;;/h7-9,14H,1-6H3;1-10H;1H;/q;;;+2/p-2. The van der Waals surface area contributed by atoms with Crippen molar-refractivity contribution in [3.63, 3.8) is 0 Å². The Morgan fingerprint density at radius 1 is 0.833 bits per heavy atom. The van der Waals surface area contributed by atoms with Gasteiger partial charge in [0.25, 0.3) is 0 Å². The van der Waals surface area contributed by atoms with Crippen LogP contribution in [0.4, 0.5) is 3.09 Å². The van der Waals surface area contributed by atoms with Crippen LogP contribution < -0.4 is 8.51 Å². The van der Waals surface area contributed by atoms with E-state index in [4.69, 9.17) is 3.32 Å². The SMILES string of the molecule is Cc1cc([O][Ti]([F])=[C](c2ccccc2)c2ccccc2)cc([Si](C)(C)C(C)(C)C)c1. The first-order valence-corrected chi connectivity index (χ1v) is 15.4. The Kier molecular flexibility index (Phi) is 6.96. The zero-order valence-electron chi connectivity index (χ0n) is 18.8. The van der Waals surface area contributed by atoms with Crippen LogP contribution in [0.3, 0.4) is 0 Å².